The van der Waals surface area contributed by atoms with Crippen molar-refractivity contribution in [2.24, 2.45) is 0 Å². The molecule has 1 amide bonds. The third kappa shape index (κ3) is 4.76. The van der Waals surface area contributed by atoms with E-state index in [1.807, 2.05) is 42.5 Å². The maximum Gasteiger partial charge on any atom is 0.475 e. The van der Waals surface area contributed by atoms with Crippen LogP contribution in [0.25, 0.3) is 10.8 Å². The number of amides is 1. The number of fused-ring (bicyclic) bond motifs is 1. The number of carbonyl (C=O) groups excluding carboxylic acids is 1. The zero-order valence-electron chi connectivity index (χ0n) is 15.1. The van der Waals surface area contributed by atoms with E-state index in [4.69, 9.17) is 5.11 Å². The van der Waals surface area contributed by atoms with Gasteiger partial charge < -0.3 is 20.5 Å². The molecule has 1 atom stereocenters. The van der Waals surface area contributed by atoms with Crippen molar-refractivity contribution in [3.8, 4) is 0 Å². The van der Waals surface area contributed by atoms with Crippen LogP contribution < -0.4 is 5.32 Å². The van der Waals surface area contributed by atoms with Crippen LogP contribution in [0, 0.1) is 0 Å². The van der Waals surface area contributed by atoms with Crippen molar-refractivity contribution in [1.82, 2.24) is 5.32 Å². The molecular weight excluding hydrogens is 357 g/mol. The first-order chi connectivity index (χ1) is 13.4. The second-order valence-electron chi connectivity index (χ2n) is 6.61. The molecule has 0 saturated heterocycles. The van der Waals surface area contributed by atoms with Gasteiger partial charge in [-0.25, -0.2) is 4.79 Å². The van der Waals surface area contributed by atoms with Gasteiger partial charge in [0.25, 0.3) is 0 Å². The van der Waals surface area contributed by atoms with Crippen LogP contribution in [-0.2, 0) is 17.6 Å². The molecule has 3 aromatic carbocycles. The van der Waals surface area contributed by atoms with Crippen LogP contribution in [0.2, 0.25) is 0 Å². The first-order valence-electron chi connectivity index (χ1n) is 8.88. The molecule has 0 aliphatic carbocycles. The van der Waals surface area contributed by atoms with Crippen molar-refractivity contribution >= 4 is 29.8 Å². The van der Waals surface area contributed by atoms with Crippen LogP contribution in [-0.4, -0.2) is 40.1 Å². The number of carboxylic acid groups (broad SMARTS) is 1. The van der Waals surface area contributed by atoms with Crippen LogP contribution in [0.5, 0.6) is 0 Å². The normalized spacial score (nSPS) is 11.8. The van der Waals surface area contributed by atoms with Crippen LogP contribution >= 0.6 is 0 Å². The smallest absolute Gasteiger partial charge is 0.475 e. The van der Waals surface area contributed by atoms with Crippen molar-refractivity contribution in [2.75, 3.05) is 0 Å². The van der Waals surface area contributed by atoms with Crippen molar-refractivity contribution < 1.29 is 24.7 Å². The van der Waals surface area contributed by atoms with Gasteiger partial charge in [-0.15, -0.1) is 0 Å². The molecule has 28 heavy (non-hydrogen) atoms. The Hall–Kier alpha value is -3.16. The molecule has 142 valence electrons. The molecule has 3 aromatic rings. The zero-order chi connectivity index (χ0) is 20.1. The Labute approximate surface area is 162 Å². The standard InChI is InChI=1S/C21H20BNO5/c24-20(13-16-8-4-7-15-6-1-2-10-18(15)16)23-19(22(27)28)12-14-5-3-9-17(11-14)21(25)26/h1-11,19,27-28H,12-13H2,(H,23,24)(H,25,26)/t19-/m0/s1. The van der Waals surface area contributed by atoms with E-state index in [0.717, 1.165) is 16.3 Å². The summed E-state index contributed by atoms with van der Waals surface area (Å²) in [5, 5.41) is 33.0. The number of hydrogen-bond donors (Lipinski definition) is 4. The van der Waals surface area contributed by atoms with E-state index in [0.29, 0.717) is 5.56 Å². The highest BCUT2D eigenvalue weighted by molar-refractivity contribution is 6.43. The lowest BCUT2D eigenvalue weighted by molar-refractivity contribution is -0.120. The van der Waals surface area contributed by atoms with E-state index in [2.05, 4.69) is 5.32 Å². The third-order valence-electron chi connectivity index (χ3n) is 4.57. The lowest BCUT2D eigenvalue weighted by Crippen LogP contribution is -2.48. The zero-order valence-corrected chi connectivity index (χ0v) is 15.1. The minimum absolute atomic E-state index is 0.0970. The molecule has 0 aliphatic rings. The Kier molecular flexibility index (Phi) is 6.08. The Morgan fingerprint density at radius 3 is 2.43 bits per heavy atom. The van der Waals surface area contributed by atoms with Gasteiger partial charge in [0.15, 0.2) is 0 Å². The van der Waals surface area contributed by atoms with Crippen LogP contribution in [0.1, 0.15) is 21.5 Å². The number of hydrogen-bond acceptors (Lipinski definition) is 4. The highest BCUT2D eigenvalue weighted by Crippen LogP contribution is 2.19. The molecule has 0 aromatic heterocycles. The lowest BCUT2D eigenvalue weighted by atomic mass is 9.75. The maximum atomic E-state index is 12.5. The molecule has 0 aliphatic heterocycles. The maximum absolute atomic E-state index is 12.5. The Morgan fingerprint density at radius 2 is 1.68 bits per heavy atom. The topological polar surface area (TPSA) is 107 Å². The summed E-state index contributed by atoms with van der Waals surface area (Å²) >= 11 is 0. The fourth-order valence-electron chi connectivity index (χ4n) is 3.19. The average molecular weight is 377 g/mol. The molecule has 0 fully saturated rings. The van der Waals surface area contributed by atoms with Crippen LogP contribution in [0.15, 0.2) is 66.7 Å². The van der Waals surface area contributed by atoms with Gasteiger partial charge in [0, 0.05) is 0 Å². The van der Waals surface area contributed by atoms with Crippen LogP contribution in [0.3, 0.4) is 0 Å². The summed E-state index contributed by atoms with van der Waals surface area (Å²) in [6, 6.07) is 19.6. The molecule has 4 N–H and O–H groups in total. The Bertz CT molecular complexity index is 1000. The first kappa shape index (κ1) is 19.6. The van der Waals surface area contributed by atoms with Gasteiger partial charge in [-0.05, 0) is 40.5 Å². The monoisotopic (exact) mass is 377 g/mol. The van der Waals surface area contributed by atoms with Crippen molar-refractivity contribution in [1.29, 1.82) is 0 Å². The molecule has 0 spiro atoms. The molecule has 6 nitrogen and oxygen atoms in total. The van der Waals surface area contributed by atoms with Gasteiger partial charge >= 0.3 is 13.1 Å². The molecule has 0 radical (unpaired) electrons. The first-order valence-corrected chi connectivity index (χ1v) is 8.88. The lowest BCUT2D eigenvalue weighted by Gasteiger charge is -2.18. The molecule has 0 bridgehead atoms. The van der Waals surface area contributed by atoms with E-state index < -0.39 is 19.0 Å². The van der Waals surface area contributed by atoms with Crippen LogP contribution in [0.4, 0.5) is 0 Å². The van der Waals surface area contributed by atoms with E-state index in [1.54, 1.807) is 12.1 Å². The number of carboxylic acids is 1. The summed E-state index contributed by atoms with van der Waals surface area (Å²) in [7, 11) is -1.77. The highest BCUT2D eigenvalue weighted by Gasteiger charge is 2.26. The number of aromatic carboxylic acids is 1. The summed E-state index contributed by atoms with van der Waals surface area (Å²) in [5.74, 6) is -2.36. The van der Waals surface area contributed by atoms with Gasteiger partial charge in [-0.2, -0.15) is 0 Å². The molecule has 3 rings (SSSR count). The fraction of sp³-hybridized carbons (Fsp3) is 0.143. The van der Waals surface area contributed by atoms with Crippen molar-refractivity contribution in [2.45, 2.75) is 18.8 Å². The summed E-state index contributed by atoms with van der Waals surface area (Å²) in [6.45, 7) is 0. The Morgan fingerprint density at radius 1 is 0.964 bits per heavy atom. The van der Waals surface area contributed by atoms with E-state index in [-0.39, 0.29) is 24.3 Å². The Balaban J connectivity index is 1.72. The SMILES string of the molecule is O=C(Cc1cccc2ccccc12)N[C@@H](Cc1cccc(C(=O)O)c1)B(O)O. The number of rotatable bonds is 7. The predicted molar refractivity (Wildman–Crippen MR) is 107 cm³/mol. The van der Waals surface area contributed by atoms with E-state index in [9.17, 15) is 19.6 Å². The van der Waals surface area contributed by atoms with Crippen molar-refractivity contribution in [3.05, 3.63) is 83.4 Å². The molecule has 0 saturated carbocycles. The molecule has 7 heteroatoms. The highest BCUT2D eigenvalue weighted by atomic mass is 16.4. The van der Waals surface area contributed by atoms with Gasteiger partial charge in [0.2, 0.25) is 5.91 Å². The van der Waals surface area contributed by atoms with Gasteiger partial charge in [-0.1, -0.05) is 54.6 Å². The molecule has 0 unspecified atom stereocenters. The largest absolute Gasteiger partial charge is 0.478 e. The fourth-order valence-corrected chi connectivity index (χ4v) is 3.19. The second-order valence-corrected chi connectivity index (χ2v) is 6.61. The third-order valence-corrected chi connectivity index (χ3v) is 4.57. The minimum atomic E-state index is -1.77. The van der Waals surface area contributed by atoms with Gasteiger partial charge in [0.05, 0.1) is 17.9 Å². The number of benzene rings is 3. The van der Waals surface area contributed by atoms with Crippen molar-refractivity contribution in [3.63, 3.8) is 0 Å². The molecule has 0 heterocycles. The summed E-state index contributed by atoms with van der Waals surface area (Å²) < 4.78 is 0. The van der Waals surface area contributed by atoms with Gasteiger partial charge in [-0.3, -0.25) is 4.79 Å². The van der Waals surface area contributed by atoms with E-state index in [1.165, 1.54) is 12.1 Å². The summed E-state index contributed by atoms with van der Waals surface area (Å²) in [4.78, 5) is 23.6. The van der Waals surface area contributed by atoms with E-state index >= 15 is 0 Å². The molecular formula is C21H20BNO5. The second kappa shape index (κ2) is 8.69. The number of nitrogens with one attached hydrogen (secondary N) is 1. The number of carbonyl (C=O) groups is 2. The average Bonchev–Trinajstić information content (AvgIpc) is 2.68. The quantitative estimate of drug-likeness (QED) is 0.470. The summed E-state index contributed by atoms with van der Waals surface area (Å²) in [5.41, 5.74) is 1.53. The summed E-state index contributed by atoms with van der Waals surface area (Å²) in [6.07, 6.45) is 0.194. The minimum Gasteiger partial charge on any atom is -0.478 e. The predicted octanol–water partition coefficient (Wildman–Crippen LogP) is 1.82. The van der Waals surface area contributed by atoms with Gasteiger partial charge in [0.1, 0.15) is 0 Å².